The zero-order valence-electron chi connectivity index (χ0n) is 11.4. The Kier molecular flexibility index (Phi) is 3.39. The molecule has 0 unspecified atom stereocenters. The first-order chi connectivity index (χ1) is 9.08. The Labute approximate surface area is 121 Å². The van der Waals surface area contributed by atoms with Crippen LogP contribution in [0, 0.1) is 6.92 Å². The molecule has 3 heterocycles. The van der Waals surface area contributed by atoms with Crippen LogP contribution in [0.3, 0.4) is 0 Å². The highest BCUT2D eigenvalue weighted by Gasteiger charge is 2.34. The molecule has 1 aromatic rings. The highest BCUT2D eigenvalue weighted by molar-refractivity contribution is 9.10. The first kappa shape index (κ1) is 13.1. The van der Waals surface area contributed by atoms with E-state index >= 15 is 0 Å². The predicted molar refractivity (Wildman–Crippen MR) is 76.1 cm³/mol. The summed E-state index contributed by atoms with van der Waals surface area (Å²) in [6.07, 6.45) is 2.48. The van der Waals surface area contributed by atoms with Crippen molar-refractivity contribution in [2.45, 2.75) is 25.8 Å². The Morgan fingerprint density at radius 2 is 2.16 bits per heavy atom. The average Bonchev–Trinajstić information content (AvgIpc) is 2.97. The molecule has 2 aliphatic rings. The Morgan fingerprint density at radius 3 is 2.84 bits per heavy atom. The van der Waals surface area contributed by atoms with E-state index in [1.807, 2.05) is 18.9 Å². The van der Waals surface area contributed by atoms with Crippen LogP contribution in [0.1, 0.15) is 29.0 Å². The second kappa shape index (κ2) is 4.90. The molecule has 0 bridgehead atoms. The molecule has 19 heavy (non-hydrogen) atoms. The van der Waals surface area contributed by atoms with Crippen molar-refractivity contribution in [3.8, 4) is 0 Å². The number of hydrogen-bond acceptors (Lipinski definition) is 3. The van der Waals surface area contributed by atoms with Gasteiger partial charge in [0.15, 0.2) is 5.69 Å². The van der Waals surface area contributed by atoms with Gasteiger partial charge < -0.3 is 4.90 Å². The molecule has 2 saturated heterocycles. The molecule has 0 spiro atoms. The van der Waals surface area contributed by atoms with Crippen molar-refractivity contribution < 1.29 is 4.79 Å². The largest absolute Gasteiger partial charge is 0.334 e. The fourth-order valence-electron chi connectivity index (χ4n) is 3.04. The van der Waals surface area contributed by atoms with Crippen LogP contribution in [0.25, 0.3) is 0 Å². The molecule has 1 aromatic heterocycles. The van der Waals surface area contributed by atoms with Crippen LogP contribution in [0.15, 0.2) is 4.47 Å². The molecular weight excluding hydrogens is 308 g/mol. The molecule has 104 valence electrons. The summed E-state index contributed by atoms with van der Waals surface area (Å²) >= 11 is 3.48. The fraction of sp³-hybridized carbons (Fsp3) is 0.692. The number of nitrogens with zero attached hydrogens (tertiary/aromatic N) is 4. The van der Waals surface area contributed by atoms with Crippen LogP contribution in [0.5, 0.6) is 0 Å². The molecule has 0 radical (unpaired) electrons. The maximum Gasteiger partial charge on any atom is 0.275 e. The lowest BCUT2D eigenvalue weighted by molar-refractivity contribution is 0.0564. The standard InChI is InChI=1S/C13H19BrN4O/c1-9-11(14)12(15-16(9)2)13(19)18-7-6-17-5-3-4-10(17)8-18/h10H,3-8H2,1-2H3/t10-/m1/s1. The number of fused-ring (bicyclic) bond motifs is 1. The summed E-state index contributed by atoms with van der Waals surface area (Å²) in [7, 11) is 1.87. The third-order valence-corrected chi connectivity index (χ3v) is 5.29. The van der Waals surface area contributed by atoms with Crippen LogP contribution in [0.4, 0.5) is 0 Å². The van der Waals surface area contributed by atoms with E-state index < -0.39 is 0 Å². The van der Waals surface area contributed by atoms with Crippen LogP contribution in [0.2, 0.25) is 0 Å². The maximum absolute atomic E-state index is 12.6. The van der Waals surface area contributed by atoms with Gasteiger partial charge >= 0.3 is 0 Å². The van der Waals surface area contributed by atoms with Gasteiger partial charge in [-0.25, -0.2) is 0 Å². The monoisotopic (exact) mass is 326 g/mol. The number of aromatic nitrogens is 2. The van der Waals surface area contributed by atoms with E-state index in [9.17, 15) is 4.79 Å². The first-order valence-corrected chi connectivity index (χ1v) is 7.59. The normalized spacial score (nSPS) is 23.7. The van der Waals surface area contributed by atoms with Gasteiger partial charge in [0, 0.05) is 32.7 Å². The smallest absolute Gasteiger partial charge is 0.275 e. The molecule has 6 heteroatoms. The average molecular weight is 327 g/mol. The van der Waals surface area contributed by atoms with Crippen LogP contribution in [-0.4, -0.2) is 57.7 Å². The molecule has 5 nitrogen and oxygen atoms in total. The van der Waals surface area contributed by atoms with E-state index in [-0.39, 0.29) is 5.91 Å². The number of hydrogen-bond donors (Lipinski definition) is 0. The third-order valence-electron chi connectivity index (χ3n) is 4.34. The number of amides is 1. The van der Waals surface area contributed by atoms with E-state index in [0.717, 1.165) is 29.8 Å². The predicted octanol–water partition coefficient (Wildman–Crippen LogP) is 1.41. The lowest BCUT2D eigenvalue weighted by atomic mass is 10.1. The second-order valence-corrected chi connectivity index (χ2v) is 6.25. The van der Waals surface area contributed by atoms with E-state index in [1.54, 1.807) is 4.68 Å². The summed E-state index contributed by atoms with van der Waals surface area (Å²) in [4.78, 5) is 17.0. The minimum Gasteiger partial charge on any atom is -0.334 e. The van der Waals surface area contributed by atoms with Crippen LogP contribution in [-0.2, 0) is 7.05 Å². The lowest BCUT2D eigenvalue weighted by Gasteiger charge is -2.37. The number of piperazine rings is 1. The van der Waals surface area contributed by atoms with Gasteiger partial charge in [-0.15, -0.1) is 0 Å². The summed E-state index contributed by atoms with van der Waals surface area (Å²) < 4.78 is 2.58. The molecule has 0 aromatic carbocycles. The number of aryl methyl sites for hydroxylation is 1. The van der Waals surface area contributed by atoms with Gasteiger partial charge in [-0.05, 0) is 42.2 Å². The van der Waals surface area contributed by atoms with Gasteiger partial charge in [0.25, 0.3) is 5.91 Å². The van der Waals surface area contributed by atoms with Crippen LogP contribution < -0.4 is 0 Å². The van der Waals surface area contributed by atoms with E-state index in [2.05, 4.69) is 25.9 Å². The van der Waals surface area contributed by atoms with Gasteiger partial charge in [0.2, 0.25) is 0 Å². The zero-order valence-corrected chi connectivity index (χ0v) is 13.0. The van der Waals surface area contributed by atoms with Crippen molar-refractivity contribution in [3.05, 3.63) is 15.9 Å². The van der Waals surface area contributed by atoms with Gasteiger partial charge in [-0.3, -0.25) is 14.4 Å². The van der Waals surface area contributed by atoms with Crippen molar-refractivity contribution in [2.75, 3.05) is 26.2 Å². The van der Waals surface area contributed by atoms with Gasteiger partial charge in [-0.2, -0.15) is 5.10 Å². The van der Waals surface area contributed by atoms with E-state index in [1.165, 1.54) is 19.4 Å². The van der Waals surface area contributed by atoms with Gasteiger partial charge in [-0.1, -0.05) is 0 Å². The SMILES string of the molecule is Cc1c(Br)c(C(=O)N2CCN3CCC[C@@H]3C2)nn1C. The summed E-state index contributed by atoms with van der Waals surface area (Å²) in [5.74, 6) is 0.0575. The Morgan fingerprint density at radius 1 is 1.37 bits per heavy atom. The Balaban J connectivity index is 1.78. The zero-order chi connectivity index (χ0) is 13.6. The van der Waals surface area contributed by atoms with Gasteiger partial charge in [0.05, 0.1) is 10.2 Å². The fourth-order valence-corrected chi connectivity index (χ4v) is 3.55. The minimum atomic E-state index is 0.0575. The second-order valence-electron chi connectivity index (χ2n) is 5.45. The topological polar surface area (TPSA) is 41.4 Å². The molecular formula is C13H19BrN4O. The molecule has 1 atom stereocenters. The Hall–Kier alpha value is -0.880. The summed E-state index contributed by atoms with van der Waals surface area (Å²) in [6.45, 7) is 5.82. The molecule has 0 aliphatic carbocycles. The third kappa shape index (κ3) is 2.21. The quantitative estimate of drug-likeness (QED) is 0.783. The summed E-state index contributed by atoms with van der Waals surface area (Å²) in [5.41, 5.74) is 1.54. The van der Waals surface area contributed by atoms with E-state index in [4.69, 9.17) is 0 Å². The molecule has 2 fully saturated rings. The summed E-state index contributed by atoms with van der Waals surface area (Å²) in [5, 5.41) is 4.34. The first-order valence-electron chi connectivity index (χ1n) is 6.80. The number of carbonyl (C=O) groups excluding carboxylic acids is 1. The molecule has 2 aliphatic heterocycles. The minimum absolute atomic E-state index is 0.0575. The van der Waals surface area contributed by atoms with Crippen molar-refractivity contribution in [3.63, 3.8) is 0 Å². The number of carbonyl (C=O) groups is 1. The van der Waals surface area contributed by atoms with E-state index in [0.29, 0.717) is 11.7 Å². The lowest BCUT2D eigenvalue weighted by Crippen LogP contribution is -2.52. The summed E-state index contributed by atoms with van der Waals surface area (Å²) in [6, 6.07) is 0.557. The molecule has 1 amide bonds. The number of halogens is 1. The molecule has 3 rings (SSSR count). The maximum atomic E-state index is 12.6. The highest BCUT2D eigenvalue weighted by Crippen LogP contribution is 2.25. The Bertz CT molecular complexity index is 513. The molecule has 0 N–H and O–H groups in total. The van der Waals surface area contributed by atoms with Gasteiger partial charge in [0.1, 0.15) is 0 Å². The highest BCUT2D eigenvalue weighted by atomic mass is 79.9. The van der Waals surface area contributed by atoms with Crippen molar-refractivity contribution in [1.82, 2.24) is 19.6 Å². The van der Waals surface area contributed by atoms with Crippen molar-refractivity contribution >= 4 is 21.8 Å². The van der Waals surface area contributed by atoms with Crippen molar-refractivity contribution in [1.29, 1.82) is 0 Å². The van der Waals surface area contributed by atoms with Crippen LogP contribution >= 0.6 is 15.9 Å². The molecule has 0 saturated carbocycles. The van der Waals surface area contributed by atoms with Crippen molar-refractivity contribution in [2.24, 2.45) is 7.05 Å². The number of rotatable bonds is 1.